The van der Waals surface area contributed by atoms with Crippen LogP contribution in [-0.4, -0.2) is 46.8 Å². The number of carbonyl (C=O) groups excluding carboxylic acids is 2. The number of alkyl halides is 6. The fourth-order valence-corrected chi connectivity index (χ4v) is 2.16. The van der Waals surface area contributed by atoms with Crippen LogP contribution in [0.15, 0.2) is 30.3 Å². The van der Waals surface area contributed by atoms with Gasteiger partial charge in [-0.05, 0) is 26.3 Å². The normalized spacial score (nSPS) is 14.1. The number of halogens is 6. The van der Waals surface area contributed by atoms with Crippen molar-refractivity contribution < 1.29 is 50.5 Å². The van der Waals surface area contributed by atoms with Gasteiger partial charge in [-0.15, -0.1) is 0 Å². The van der Waals surface area contributed by atoms with E-state index >= 15 is 0 Å². The summed E-state index contributed by atoms with van der Waals surface area (Å²) in [5, 5.41) is 11.0. The quantitative estimate of drug-likeness (QED) is 0.513. The number of alkyl carbamates (subject to hydrolysis) is 1. The highest BCUT2D eigenvalue weighted by molar-refractivity contribution is 5.81. The molecule has 1 aromatic rings. The lowest BCUT2D eigenvalue weighted by atomic mass is 9.93. The second-order valence-electron chi connectivity index (χ2n) is 7.35. The van der Waals surface area contributed by atoms with E-state index in [1.54, 1.807) is 35.6 Å². The summed E-state index contributed by atoms with van der Waals surface area (Å²) in [4.78, 5) is 24.1. The molecular formula is C18H21F6NO5. The van der Waals surface area contributed by atoms with Gasteiger partial charge in [-0.1, -0.05) is 30.3 Å². The standard InChI is InChI=1S/C18H21F6NO5/c1-15(2,3)30-13(26)12(9-16(28,17(19,20)21)18(22,23)24)25-14(27)29-10-11-7-5-4-6-8-11/h4-8,12,28H,9-10H2,1-3H3,(H,25,27). The van der Waals surface area contributed by atoms with E-state index in [9.17, 15) is 41.0 Å². The molecule has 1 aromatic carbocycles. The van der Waals surface area contributed by atoms with Crippen LogP contribution in [0.25, 0.3) is 0 Å². The molecule has 0 saturated heterocycles. The molecule has 0 aliphatic carbocycles. The molecule has 1 atom stereocenters. The molecule has 0 radical (unpaired) electrons. The third-order valence-electron chi connectivity index (χ3n) is 3.63. The molecule has 12 heteroatoms. The molecule has 0 fully saturated rings. The van der Waals surface area contributed by atoms with Crippen LogP contribution in [0.2, 0.25) is 0 Å². The SMILES string of the molecule is CC(C)(C)OC(=O)C(CC(O)(C(F)(F)F)C(F)(F)F)NC(=O)OCc1ccccc1. The largest absolute Gasteiger partial charge is 0.458 e. The van der Waals surface area contributed by atoms with Gasteiger partial charge in [0.05, 0.1) is 0 Å². The summed E-state index contributed by atoms with van der Waals surface area (Å²) in [6, 6.07) is 5.47. The van der Waals surface area contributed by atoms with Gasteiger partial charge in [0, 0.05) is 6.42 Å². The molecule has 0 aromatic heterocycles. The van der Waals surface area contributed by atoms with Gasteiger partial charge in [0.25, 0.3) is 5.60 Å². The number of rotatable bonds is 6. The second-order valence-corrected chi connectivity index (χ2v) is 7.35. The summed E-state index contributed by atoms with van der Waals surface area (Å²) < 4.78 is 87.5. The molecule has 170 valence electrons. The Morgan fingerprint density at radius 3 is 1.93 bits per heavy atom. The Morgan fingerprint density at radius 2 is 1.50 bits per heavy atom. The minimum Gasteiger partial charge on any atom is -0.458 e. The second kappa shape index (κ2) is 9.11. The van der Waals surface area contributed by atoms with Crippen LogP contribution in [0.3, 0.4) is 0 Å². The van der Waals surface area contributed by atoms with Gasteiger partial charge in [-0.25, -0.2) is 9.59 Å². The number of benzene rings is 1. The minimum absolute atomic E-state index is 0.365. The molecule has 30 heavy (non-hydrogen) atoms. The van der Waals surface area contributed by atoms with Crippen LogP contribution in [0, 0.1) is 0 Å². The van der Waals surface area contributed by atoms with Crippen LogP contribution in [0.5, 0.6) is 0 Å². The van der Waals surface area contributed by atoms with Crippen molar-refractivity contribution in [2.75, 3.05) is 0 Å². The van der Waals surface area contributed by atoms with E-state index < -0.39 is 48.1 Å². The molecule has 1 rings (SSSR count). The average molecular weight is 445 g/mol. The van der Waals surface area contributed by atoms with Crippen molar-refractivity contribution in [1.82, 2.24) is 5.32 Å². The number of ether oxygens (including phenoxy) is 2. The summed E-state index contributed by atoms with van der Waals surface area (Å²) in [6.07, 6.45) is -16.1. The molecule has 2 N–H and O–H groups in total. The van der Waals surface area contributed by atoms with Gasteiger partial charge in [-0.3, -0.25) is 0 Å². The van der Waals surface area contributed by atoms with Crippen molar-refractivity contribution in [1.29, 1.82) is 0 Å². The van der Waals surface area contributed by atoms with E-state index in [1.165, 1.54) is 20.8 Å². The highest BCUT2D eigenvalue weighted by atomic mass is 19.4. The Balaban J connectivity index is 3.07. The van der Waals surface area contributed by atoms with Crippen LogP contribution in [0.1, 0.15) is 32.8 Å². The van der Waals surface area contributed by atoms with Crippen LogP contribution >= 0.6 is 0 Å². The number of carbonyl (C=O) groups is 2. The van der Waals surface area contributed by atoms with Gasteiger partial charge in [0.15, 0.2) is 0 Å². The first kappa shape index (κ1) is 25.5. The number of amides is 1. The predicted octanol–water partition coefficient (Wildman–Crippen LogP) is 3.87. The average Bonchev–Trinajstić information content (AvgIpc) is 2.56. The summed E-state index contributed by atoms with van der Waals surface area (Å²) in [5.74, 6) is -1.61. The Hall–Kier alpha value is -2.50. The van der Waals surface area contributed by atoms with E-state index in [0.29, 0.717) is 5.56 Å². The lowest BCUT2D eigenvalue weighted by Crippen LogP contribution is -2.61. The lowest BCUT2D eigenvalue weighted by Gasteiger charge is -2.35. The number of hydrogen-bond donors (Lipinski definition) is 2. The van der Waals surface area contributed by atoms with Crippen molar-refractivity contribution in [3.63, 3.8) is 0 Å². The summed E-state index contributed by atoms with van der Waals surface area (Å²) >= 11 is 0. The zero-order valence-electron chi connectivity index (χ0n) is 16.2. The fourth-order valence-electron chi connectivity index (χ4n) is 2.16. The molecule has 0 spiro atoms. The highest BCUT2D eigenvalue weighted by Gasteiger charge is 2.71. The summed E-state index contributed by atoms with van der Waals surface area (Å²) in [6.45, 7) is 3.58. The molecule has 0 aliphatic rings. The van der Waals surface area contributed by atoms with Gasteiger partial charge >= 0.3 is 24.4 Å². The van der Waals surface area contributed by atoms with Crippen molar-refractivity contribution in [3.8, 4) is 0 Å². The topological polar surface area (TPSA) is 84.9 Å². The predicted molar refractivity (Wildman–Crippen MR) is 91.1 cm³/mol. The molecule has 1 amide bonds. The van der Waals surface area contributed by atoms with E-state index in [1.807, 2.05) is 0 Å². The van der Waals surface area contributed by atoms with Crippen LogP contribution in [0.4, 0.5) is 31.1 Å². The van der Waals surface area contributed by atoms with Gasteiger partial charge in [-0.2, -0.15) is 26.3 Å². The zero-order valence-corrected chi connectivity index (χ0v) is 16.2. The molecule has 0 saturated carbocycles. The first-order valence-electron chi connectivity index (χ1n) is 8.52. The third-order valence-corrected chi connectivity index (χ3v) is 3.63. The molecular weight excluding hydrogens is 424 g/mol. The zero-order chi connectivity index (χ0) is 23.4. The summed E-state index contributed by atoms with van der Waals surface area (Å²) in [5.41, 5.74) is -6.09. The van der Waals surface area contributed by atoms with Crippen LogP contribution in [-0.2, 0) is 20.9 Å². The monoisotopic (exact) mass is 445 g/mol. The van der Waals surface area contributed by atoms with Crippen molar-refractivity contribution in [2.45, 2.75) is 63.4 Å². The lowest BCUT2D eigenvalue weighted by molar-refractivity contribution is -0.370. The Morgan fingerprint density at radius 1 is 1.00 bits per heavy atom. The Kier molecular flexibility index (Phi) is 7.75. The molecule has 0 heterocycles. The molecule has 1 unspecified atom stereocenters. The Bertz CT molecular complexity index is 713. The van der Waals surface area contributed by atoms with E-state index in [4.69, 9.17) is 9.47 Å². The van der Waals surface area contributed by atoms with E-state index in [2.05, 4.69) is 0 Å². The van der Waals surface area contributed by atoms with Crippen molar-refractivity contribution in [3.05, 3.63) is 35.9 Å². The molecule has 6 nitrogen and oxygen atoms in total. The maximum atomic E-state index is 13.0. The number of esters is 1. The first-order chi connectivity index (χ1) is 13.5. The molecule has 0 bridgehead atoms. The maximum Gasteiger partial charge on any atom is 0.426 e. The van der Waals surface area contributed by atoms with E-state index in [0.717, 1.165) is 0 Å². The highest BCUT2D eigenvalue weighted by Crippen LogP contribution is 2.46. The van der Waals surface area contributed by atoms with Gasteiger partial charge < -0.3 is 19.9 Å². The minimum atomic E-state index is -6.18. The van der Waals surface area contributed by atoms with Crippen LogP contribution < -0.4 is 5.32 Å². The van der Waals surface area contributed by atoms with Crippen molar-refractivity contribution in [2.24, 2.45) is 0 Å². The van der Waals surface area contributed by atoms with Crippen molar-refractivity contribution >= 4 is 12.1 Å². The maximum absolute atomic E-state index is 13.0. The third kappa shape index (κ3) is 7.08. The first-order valence-corrected chi connectivity index (χ1v) is 8.52. The van der Waals surface area contributed by atoms with E-state index in [-0.39, 0.29) is 6.61 Å². The van der Waals surface area contributed by atoms with Gasteiger partial charge in [0.1, 0.15) is 18.2 Å². The smallest absolute Gasteiger partial charge is 0.426 e. The Labute approximate surface area is 168 Å². The number of nitrogens with one attached hydrogen (secondary N) is 1. The number of hydrogen-bond acceptors (Lipinski definition) is 5. The number of aliphatic hydroxyl groups is 1. The van der Waals surface area contributed by atoms with Gasteiger partial charge in [0.2, 0.25) is 0 Å². The fraction of sp³-hybridized carbons (Fsp3) is 0.556. The summed E-state index contributed by atoms with van der Waals surface area (Å²) in [7, 11) is 0. The molecule has 0 aliphatic heterocycles.